The molecule has 2 heterocycles. The maximum absolute atomic E-state index is 12.8. The van der Waals surface area contributed by atoms with Gasteiger partial charge in [0.05, 0.1) is 6.20 Å². The number of amides is 1. The van der Waals surface area contributed by atoms with Gasteiger partial charge in [-0.25, -0.2) is 0 Å². The number of carbonyl (C=O) groups excluding carboxylic acids is 1. The summed E-state index contributed by atoms with van der Waals surface area (Å²) in [5.74, 6) is 0.843. The largest absolute Gasteiger partial charge is 0.508 e. The predicted octanol–water partition coefficient (Wildman–Crippen LogP) is 1.79. The van der Waals surface area contributed by atoms with E-state index in [0.29, 0.717) is 11.7 Å². The van der Waals surface area contributed by atoms with Crippen molar-refractivity contribution in [2.75, 3.05) is 20.1 Å². The fourth-order valence-corrected chi connectivity index (χ4v) is 3.38. The number of carbonyl (C=O) groups is 1. The second-order valence-corrected chi connectivity index (χ2v) is 6.36. The number of nitrogens with zero attached hydrogens (tertiary/aromatic N) is 3. The lowest BCUT2D eigenvalue weighted by Crippen LogP contribution is -2.43. The number of hydrogen-bond acceptors (Lipinski definition) is 4. The summed E-state index contributed by atoms with van der Waals surface area (Å²) in [7, 11) is 3.66. The highest BCUT2D eigenvalue weighted by molar-refractivity contribution is 5.83. The highest BCUT2D eigenvalue weighted by Gasteiger charge is 2.29. The molecular formula is C18H24N4O2. The van der Waals surface area contributed by atoms with Crippen LogP contribution in [0.2, 0.25) is 0 Å². The van der Waals surface area contributed by atoms with Crippen LogP contribution in [0.5, 0.6) is 5.75 Å². The SMILES string of the molecule is CNC(C(=O)N1CCC(c2ccc(O)cc2)CC1)c1cnn(C)c1. The van der Waals surface area contributed by atoms with E-state index in [4.69, 9.17) is 0 Å². The molecule has 6 nitrogen and oxygen atoms in total. The molecule has 1 aliphatic rings. The molecule has 0 radical (unpaired) electrons. The van der Waals surface area contributed by atoms with Gasteiger partial charge in [0.25, 0.3) is 0 Å². The highest BCUT2D eigenvalue weighted by Crippen LogP contribution is 2.30. The number of likely N-dealkylation sites (tertiary alicyclic amines) is 1. The van der Waals surface area contributed by atoms with Crippen LogP contribution in [0.1, 0.15) is 35.9 Å². The predicted molar refractivity (Wildman–Crippen MR) is 91.7 cm³/mol. The molecule has 1 saturated heterocycles. The van der Waals surface area contributed by atoms with Crippen LogP contribution in [0.3, 0.4) is 0 Å². The minimum absolute atomic E-state index is 0.106. The molecule has 1 fully saturated rings. The van der Waals surface area contributed by atoms with Crippen LogP contribution in [0.25, 0.3) is 0 Å². The van der Waals surface area contributed by atoms with E-state index < -0.39 is 0 Å². The first-order valence-electron chi connectivity index (χ1n) is 8.32. The zero-order valence-corrected chi connectivity index (χ0v) is 14.1. The maximum atomic E-state index is 12.8. The summed E-state index contributed by atoms with van der Waals surface area (Å²) in [6.07, 6.45) is 5.50. The lowest BCUT2D eigenvalue weighted by atomic mass is 9.89. The summed E-state index contributed by atoms with van der Waals surface area (Å²) >= 11 is 0. The van der Waals surface area contributed by atoms with E-state index in [1.54, 1.807) is 30.1 Å². The molecule has 0 aliphatic carbocycles. The minimum atomic E-state index is -0.344. The quantitative estimate of drug-likeness (QED) is 0.898. The van der Waals surface area contributed by atoms with Gasteiger partial charge in [-0.2, -0.15) is 5.10 Å². The molecule has 1 unspecified atom stereocenters. The molecule has 6 heteroatoms. The Bertz CT molecular complexity index is 687. The Kier molecular flexibility index (Phi) is 4.85. The Labute approximate surface area is 142 Å². The Hall–Kier alpha value is -2.34. The van der Waals surface area contributed by atoms with Gasteiger partial charge in [0.1, 0.15) is 11.8 Å². The number of nitrogens with one attached hydrogen (secondary N) is 1. The van der Waals surface area contributed by atoms with Crippen LogP contribution in [-0.4, -0.2) is 45.8 Å². The van der Waals surface area contributed by atoms with Gasteiger partial charge < -0.3 is 15.3 Å². The van der Waals surface area contributed by atoms with Gasteiger partial charge in [-0.05, 0) is 43.5 Å². The van der Waals surface area contributed by atoms with Crippen LogP contribution in [0.4, 0.5) is 0 Å². The first-order chi connectivity index (χ1) is 11.6. The third-order valence-corrected chi connectivity index (χ3v) is 4.76. The fourth-order valence-electron chi connectivity index (χ4n) is 3.38. The number of likely N-dealkylation sites (N-methyl/N-ethyl adjacent to an activating group) is 1. The van der Waals surface area contributed by atoms with E-state index in [1.807, 2.05) is 30.3 Å². The van der Waals surface area contributed by atoms with Crippen molar-refractivity contribution in [3.8, 4) is 5.75 Å². The van der Waals surface area contributed by atoms with Crippen LogP contribution < -0.4 is 5.32 Å². The second-order valence-electron chi connectivity index (χ2n) is 6.36. The minimum Gasteiger partial charge on any atom is -0.508 e. The topological polar surface area (TPSA) is 70.4 Å². The molecule has 1 aliphatic heterocycles. The molecule has 1 atom stereocenters. The molecule has 128 valence electrons. The van der Waals surface area contributed by atoms with E-state index in [2.05, 4.69) is 10.4 Å². The van der Waals surface area contributed by atoms with Crippen LogP contribution in [-0.2, 0) is 11.8 Å². The zero-order chi connectivity index (χ0) is 17.1. The van der Waals surface area contributed by atoms with Crippen molar-refractivity contribution < 1.29 is 9.90 Å². The average molecular weight is 328 g/mol. The normalized spacial score (nSPS) is 17.0. The van der Waals surface area contributed by atoms with E-state index in [1.165, 1.54) is 5.56 Å². The van der Waals surface area contributed by atoms with Gasteiger partial charge in [0.15, 0.2) is 0 Å². The van der Waals surface area contributed by atoms with Crippen molar-refractivity contribution in [3.05, 3.63) is 47.8 Å². The van der Waals surface area contributed by atoms with E-state index in [9.17, 15) is 9.90 Å². The van der Waals surface area contributed by atoms with Crippen molar-refractivity contribution in [3.63, 3.8) is 0 Å². The van der Waals surface area contributed by atoms with Gasteiger partial charge in [-0.1, -0.05) is 12.1 Å². The summed E-state index contributed by atoms with van der Waals surface area (Å²) in [6.45, 7) is 1.51. The molecule has 0 bridgehead atoms. The Morgan fingerprint density at radius 3 is 2.50 bits per heavy atom. The summed E-state index contributed by atoms with van der Waals surface area (Å²) in [4.78, 5) is 14.8. The number of phenols is 1. The number of piperidine rings is 1. The number of phenolic OH excluding ortho intramolecular Hbond substituents is 1. The smallest absolute Gasteiger partial charge is 0.244 e. The summed E-state index contributed by atoms with van der Waals surface area (Å²) in [6, 6.07) is 7.06. The molecular weight excluding hydrogens is 304 g/mol. The van der Waals surface area contributed by atoms with E-state index in [-0.39, 0.29) is 11.9 Å². The average Bonchev–Trinajstić information content (AvgIpc) is 3.02. The van der Waals surface area contributed by atoms with Crippen molar-refractivity contribution >= 4 is 5.91 Å². The summed E-state index contributed by atoms with van der Waals surface area (Å²) in [5.41, 5.74) is 2.13. The van der Waals surface area contributed by atoms with Gasteiger partial charge in [-0.3, -0.25) is 9.48 Å². The Morgan fingerprint density at radius 1 is 1.29 bits per heavy atom. The van der Waals surface area contributed by atoms with Crippen molar-refractivity contribution in [1.82, 2.24) is 20.0 Å². The Balaban J connectivity index is 1.63. The molecule has 1 aromatic carbocycles. The lowest BCUT2D eigenvalue weighted by molar-refractivity contribution is -0.134. The van der Waals surface area contributed by atoms with Crippen molar-refractivity contribution in [2.24, 2.45) is 7.05 Å². The van der Waals surface area contributed by atoms with E-state index in [0.717, 1.165) is 31.5 Å². The number of aromatic hydroxyl groups is 1. The van der Waals surface area contributed by atoms with Gasteiger partial charge in [-0.15, -0.1) is 0 Å². The van der Waals surface area contributed by atoms with Crippen molar-refractivity contribution in [2.45, 2.75) is 24.8 Å². The number of aryl methyl sites for hydroxylation is 1. The maximum Gasteiger partial charge on any atom is 0.244 e. The molecule has 1 amide bonds. The monoisotopic (exact) mass is 328 g/mol. The number of aromatic nitrogens is 2. The fraction of sp³-hybridized carbons (Fsp3) is 0.444. The zero-order valence-electron chi connectivity index (χ0n) is 14.1. The van der Waals surface area contributed by atoms with Crippen LogP contribution in [0, 0.1) is 0 Å². The van der Waals surface area contributed by atoms with Gasteiger partial charge in [0.2, 0.25) is 5.91 Å². The van der Waals surface area contributed by atoms with Crippen LogP contribution in [0.15, 0.2) is 36.7 Å². The standard InChI is InChI=1S/C18H24N4O2/c1-19-17(15-11-20-21(2)12-15)18(24)22-9-7-14(8-10-22)13-3-5-16(23)6-4-13/h3-6,11-12,14,17,19,23H,7-10H2,1-2H3. The summed E-state index contributed by atoms with van der Waals surface area (Å²) < 4.78 is 1.71. The van der Waals surface area contributed by atoms with Gasteiger partial charge in [0, 0.05) is 31.9 Å². The molecule has 1 aromatic heterocycles. The third-order valence-electron chi connectivity index (χ3n) is 4.76. The molecule has 3 rings (SSSR count). The molecule has 0 spiro atoms. The first kappa shape index (κ1) is 16.5. The van der Waals surface area contributed by atoms with Gasteiger partial charge >= 0.3 is 0 Å². The highest BCUT2D eigenvalue weighted by atomic mass is 16.3. The number of benzene rings is 1. The number of hydrogen-bond donors (Lipinski definition) is 2. The summed E-state index contributed by atoms with van der Waals surface area (Å²) in [5, 5.41) is 16.7. The lowest BCUT2D eigenvalue weighted by Gasteiger charge is -2.34. The van der Waals surface area contributed by atoms with E-state index >= 15 is 0 Å². The molecule has 2 N–H and O–H groups in total. The van der Waals surface area contributed by atoms with Crippen LogP contribution >= 0.6 is 0 Å². The molecule has 2 aromatic rings. The number of rotatable bonds is 4. The Morgan fingerprint density at radius 2 is 1.96 bits per heavy atom. The molecule has 24 heavy (non-hydrogen) atoms. The second kappa shape index (κ2) is 7.05. The third kappa shape index (κ3) is 3.43. The first-order valence-corrected chi connectivity index (χ1v) is 8.32. The molecule has 0 saturated carbocycles. The van der Waals surface area contributed by atoms with Crippen molar-refractivity contribution in [1.29, 1.82) is 0 Å².